The van der Waals surface area contributed by atoms with Crippen LogP contribution in [0, 0.1) is 0 Å². The van der Waals surface area contributed by atoms with Gasteiger partial charge in [-0.15, -0.1) is 0 Å². The van der Waals surface area contributed by atoms with E-state index >= 15 is 0 Å². The first-order valence-electron chi connectivity index (χ1n) is 6.20. The van der Waals surface area contributed by atoms with Crippen molar-refractivity contribution in [2.45, 2.75) is 18.2 Å². The predicted octanol–water partition coefficient (Wildman–Crippen LogP) is 1.50. The number of rotatable bonds is 4. The van der Waals surface area contributed by atoms with Crippen LogP contribution < -0.4 is 10.5 Å². The smallest absolute Gasteiger partial charge is 0.267 e. The van der Waals surface area contributed by atoms with Gasteiger partial charge in [0.25, 0.3) is 10.0 Å². The average molecular weight is 307 g/mol. The number of anilines is 2. The van der Waals surface area contributed by atoms with Crippen molar-refractivity contribution in [3.8, 4) is 0 Å². The summed E-state index contributed by atoms with van der Waals surface area (Å²) in [5.74, 6) is 0.586. The number of aromatic nitrogens is 3. The van der Waals surface area contributed by atoms with Gasteiger partial charge in [0.05, 0.1) is 11.9 Å². The average Bonchev–Trinajstić information content (AvgIpc) is 3.03. The lowest BCUT2D eigenvalue weighted by Crippen LogP contribution is -2.13. The maximum absolute atomic E-state index is 12.2. The minimum absolute atomic E-state index is 0.0155. The molecule has 1 aromatic carbocycles. The molecule has 0 spiro atoms. The second-order valence-corrected chi connectivity index (χ2v) is 6.05. The molecule has 21 heavy (non-hydrogen) atoms. The number of fused-ring (bicyclic) bond motifs is 1. The minimum atomic E-state index is -3.80. The standard InChI is InChI=1S/C12H13N5O3S/c1-2-11-15-8-5-7(3-4-9(8)20-11)17-21(18,19)10-6-14-16-12(10)13/h3-6,17H,2H2,1H3,(H3,13,14,16). The van der Waals surface area contributed by atoms with E-state index in [1.807, 2.05) is 6.92 Å². The van der Waals surface area contributed by atoms with Crippen molar-refractivity contribution in [2.75, 3.05) is 10.5 Å². The van der Waals surface area contributed by atoms with E-state index in [1.165, 1.54) is 0 Å². The van der Waals surface area contributed by atoms with Crippen LogP contribution in [-0.4, -0.2) is 23.6 Å². The molecule has 0 unspecified atom stereocenters. The molecule has 0 saturated carbocycles. The normalized spacial score (nSPS) is 11.9. The maximum atomic E-state index is 12.2. The van der Waals surface area contributed by atoms with Gasteiger partial charge in [-0.25, -0.2) is 13.4 Å². The van der Waals surface area contributed by atoms with E-state index in [2.05, 4.69) is 19.9 Å². The van der Waals surface area contributed by atoms with Crippen LogP contribution >= 0.6 is 0 Å². The highest BCUT2D eigenvalue weighted by atomic mass is 32.2. The molecule has 9 heteroatoms. The predicted molar refractivity (Wildman–Crippen MR) is 77.2 cm³/mol. The number of hydrogen-bond acceptors (Lipinski definition) is 6. The molecule has 0 bridgehead atoms. The second kappa shape index (κ2) is 4.77. The molecule has 4 N–H and O–H groups in total. The quantitative estimate of drug-likeness (QED) is 0.670. The fourth-order valence-electron chi connectivity index (χ4n) is 1.90. The van der Waals surface area contributed by atoms with E-state index in [9.17, 15) is 8.42 Å². The number of hydrogen-bond donors (Lipinski definition) is 3. The zero-order chi connectivity index (χ0) is 15.0. The number of nitrogens with two attached hydrogens (primary N) is 1. The summed E-state index contributed by atoms with van der Waals surface area (Å²) in [6.07, 6.45) is 1.82. The van der Waals surface area contributed by atoms with E-state index in [1.54, 1.807) is 18.2 Å². The van der Waals surface area contributed by atoms with Crippen LogP contribution in [0.15, 0.2) is 33.7 Å². The molecule has 3 rings (SSSR count). The van der Waals surface area contributed by atoms with Crippen LogP contribution in [0.1, 0.15) is 12.8 Å². The van der Waals surface area contributed by atoms with Gasteiger partial charge in [-0.05, 0) is 18.2 Å². The molecular formula is C12H13N5O3S. The topological polar surface area (TPSA) is 127 Å². The van der Waals surface area contributed by atoms with E-state index in [0.717, 1.165) is 6.20 Å². The van der Waals surface area contributed by atoms with Crippen molar-refractivity contribution in [3.63, 3.8) is 0 Å². The fourth-order valence-corrected chi connectivity index (χ4v) is 2.97. The van der Waals surface area contributed by atoms with Crippen molar-refractivity contribution in [1.82, 2.24) is 15.2 Å². The first-order valence-corrected chi connectivity index (χ1v) is 7.69. The number of sulfonamides is 1. The van der Waals surface area contributed by atoms with E-state index in [-0.39, 0.29) is 10.7 Å². The van der Waals surface area contributed by atoms with Crippen molar-refractivity contribution in [2.24, 2.45) is 0 Å². The van der Waals surface area contributed by atoms with E-state index in [0.29, 0.717) is 29.1 Å². The summed E-state index contributed by atoms with van der Waals surface area (Å²) in [4.78, 5) is 4.16. The molecule has 0 amide bonds. The summed E-state index contributed by atoms with van der Waals surface area (Å²) >= 11 is 0. The van der Waals surface area contributed by atoms with Gasteiger partial charge < -0.3 is 10.2 Å². The number of aromatic amines is 1. The van der Waals surface area contributed by atoms with Gasteiger partial charge in [0, 0.05) is 6.42 Å². The number of nitrogens with one attached hydrogen (secondary N) is 2. The van der Waals surface area contributed by atoms with Crippen LogP contribution in [0.4, 0.5) is 11.5 Å². The SMILES string of the molecule is CCc1nc2cc(NS(=O)(=O)c3cn[nH]c3N)ccc2o1. The highest BCUT2D eigenvalue weighted by Crippen LogP contribution is 2.23. The highest BCUT2D eigenvalue weighted by Gasteiger charge is 2.19. The van der Waals surface area contributed by atoms with Crippen LogP contribution in [0.5, 0.6) is 0 Å². The second-order valence-electron chi connectivity index (χ2n) is 4.40. The van der Waals surface area contributed by atoms with Gasteiger partial charge in [0.15, 0.2) is 11.5 Å². The fraction of sp³-hybridized carbons (Fsp3) is 0.167. The first kappa shape index (κ1) is 13.4. The number of aryl methyl sites for hydroxylation is 1. The summed E-state index contributed by atoms with van der Waals surface area (Å²) in [5.41, 5.74) is 7.10. The lowest BCUT2D eigenvalue weighted by Gasteiger charge is -2.06. The van der Waals surface area contributed by atoms with Gasteiger partial charge in [-0.1, -0.05) is 6.92 Å². The molecule has 0 aliphatic rings. The Bertz CT molecular complexity index is 897. The molecule has 0 fully saturated rings. The maximum Gasteiger partial charge on any atom is 0.267 e. The Balaban J connectivity index is 1.96. The summed E-state index contributed by atoms with van der Waals surface area (Å²) in [7, 11) is -3.80. The number of oxazole rings is 1. The third kappa shape index (κ3) is 2.42. The van der Waals surface area contributed by atoms with Crippen molar-refractivity contribution in [1.29, 1.82) is 0 Å². The first-order chi connectivity index (χ1) is 9.99. The van der Waals surface area contributed by atoms with Gasteiger partial charge in [-0.2, -0.15) is 5.10 Å². The van der Waals surface area contributed by atoms with Gasteiger partial charge in [-0.3, -0.25) is 9.82 Å². The van der Waals surface area contributed by atoms with Crippen LogP contribution in [0.25, 0.3) is 11.1 Å². The molecule has 2 aromatic heterocycles. The Kier molecular flexibility index (Phi) is 3.05. The zero-order valence-corrected chi connectivity index (χ0v) is 11.9. The number of nitrogen functional groups attached to an aromatic ring is 1. The van der Waals surface area contributed by atoms with Crippen LogP contribution in [-0.2, 0) is 16.4 Å². The Morgan fingerprint density at radius 1 is 1.43 bits per heavy atom. The summed E-state index contributed by atoms with van der Waals surface area (Å²) < 4.78 is 32.3. The molecule has 0 atom stereocenters. The van der Waals surface area contributed by atoms with Crippen molar-refractivity contribution in [3.05, 3.63) is 30.3 Å². The lowest BCUT2D eigenvalue weighted by molar-refractivity contribution is 0.538. The molecule has 0 saturated heterocycles. The monoisotopic (exact) mass is 307 g/mol. The molecule has 3 aromatic rings. The zero-order valence-electron chi connectivity index (χ0n) is 11.1. The van der Waals surface area contributed by atoms with Crippen molar-refractivity contribution < 1.29 is 12.8 Å². The van der Waals surface area contributed by atoms with Gasteiger partial charge >= 0.3 is 0 Å². The number of nitrogens with zero attached hydrogens (tertiary/aromatic N) is 2. The Labute approximate surface area is 120 Å². The molecule has 110 valence electrons. The third-order valence-electron chi connectivity index (χ3n) is 2.91. The molecule has 0 aliphatic heterocycles. The Morgan fingerprint density at radius 3 is 2.90 bits per heavy atom. The summed E-state index contributed by atoms with van der Waals surface area (Å²) in [5, 5.41) is 5.98. The number of H-pyrrole nitrogens is 1. The highest BCUT2D eigenvalue weighted by molar-refractivity contribution is 7.92. The largest absolute Gasteiger partial charge is 0.441 e. The van der Waals surface area contributed by atoms with Gasteiger partial charge in [0.1, 0.15) is 16.2 Å². The van der Waals surface area contributed by atoms with Gasteiger partial charge in [0.2, 0.25) is 0 Å². The molecular weight excluding hydrogens is 294 g/mol. The number of benzene rings is 1. The molecule has 0 radical (unpaired) electrons. The van der Waals surface area contributed by atoms with E-state index < -0.39 is 10.0 Å². The Morgan fingerprint density at radius 2 is 2.24 bits per heavy atom. The third-order valence-corrected chi connectivity index (χ3v) is 4.32. The summed E-state index contributed by atoms with van der Waals surface area (Å²) in [6.45, 7) is 1.93. The van der Waals surface area contributed by atoms with Crippen LogP contribution in [0.2, 0.25) is 0 Å². The van der Waals surface area contributed by atoms with Crippen molar-refractivity contribution >= 4 is 32.6 Å². The molecule has 8 nitrogen and oxygen atoms in total. The minimum Gasteiger partial charge on any atom is -0.441 e. The summed E-state index contributed by atoms with van der Waals surface area (Å²) in [6, 6.07) is 4.87. The Hall–Kier alpha value is -2.55. The van der Waals surface area contributed by atoms with Crippen LogP contribution in [0.3, 0.4) is 0 Å². The molecule has 2 heterocycles. The van der Waals surface area contributed by atoms with E-state index in [4.69, 9.17) is 10.2 Å². The lowest BCUT2D eigenvalue weighted by atomic mass is 10.3. The molecule has 0 aliphatic carbocycles.